The monoisotopic (exact) mass is 401 g/mol. The number of benzene rings is 1. The Hall–Kier alpha value is -2.41. The number of para-hydroxylation sites is 1. The molecule has 1 N–H and O–H groups in total. The van der Waals surface area contributed by atoms with Crippen LogP contribution in [0.5, 0.6) is 5.75 Å². The van der Waals surface area contributed by atoms with Gasteiger partial charge in [-0.1, -0.05) is 50.3 Å². The molecule has 1 aliphatic rings. The number of rotatable bonds is 7. The number of aromatic nitrogens is 1. The highest BCUT2D eigenvalue weighted by atomic mass is 32.1. The van der Waals surface area contributed by atoms with Gasteiger partial charge in [-0.2, -0.15) is 0 Å². The predicted molar refractivity (Wildman–Crippen MR) is 111 cm³/mol. The molecule has 2 aromatic rings. The van der Waals surface area contributed by atoms with E-state index in [4.69, 9.17) is 4.74 Å². The number of hydrogen-bond donors (Lipinski definition) is 1. The minimum Gasteiger partial charge on any atom is -0.483 e. The molecule has 0 spiro atoms. The normalized spacial score (nSPS) is 13.4. The molecule has 2 heterocycles. The zero-order chi connectivity index (χ0) is 20.1. The molecule has 0 fully saturated rings. The number of anilines is 1. The summed E-state index contributed by atoms with van der Waals surface area (Å²) in [6.07, 6.45) is 2.14. The number of thiazole rings is 1. The van der Waals surface area contributed by atoms with E-state index in [9.17, 15) is 9.59 Å². The maximum absolute atomic E-state index is 12.3. The van der Waals surface area contributed by atoms with Crippen molar-refractivity contribution in [1.82, 2.24) is 9.88 Å². The van der Waals surface area contributed by atoms with Crippen LogP contribution >= 0.6 is 11.3 Å². The first kappa shape index (κ1) is 20.3. The van der Waals surface area contributed by atoms with Crippen LogP contribution in [0.3, 0.4) is 0 Å². The van der Waals surface area contributed by atoms with Crippen molar-refractivity contribution in [3.8, 4) is 5.75 Å². The number of ether oxygens (including phenoxy) is 1. The fraction of sp³-hybridized carbons (Fsp3) is 0.476. The summed E-state index contributed by atoms with van der Waals surface area (Å²) in [6, 6.07) is 7.72. The highest BCUT2D eigenvalue weighted by Gasteiger charge is 2.24. The van der Waals surface area contributed by atoms with E-state index in [2.05, 4.69) is 31.1 Å². The molecule has 2 amide bonds. The minimum atomic E-state index is -0.232. The summed E-state index contributed by atoms with van der Waals surface area (Å²) in [5.74, 6) is 1.04. The van der Waals surface area contributed by atoms with Crippen molar-refractivity contribution in [2.45, 2.75) is 46.6 Å². The van der Waals surface area contributed by atoms with Crippen LogP contribution in [-0.2, 0) is 29.0 Å². The summed E-state index contributed by atoms with van der Waals surface area (Å²) < 4.78 is 5.66. The highest BCUT2D eigenvalue weighted by molar-refractivity contribution is 7.15. The standard InChI is InChI=1S/C21H27N3O3S/c1-4-15-7-5-6-8-17(15)27-13-19(25)23-21-22-16-9-10-24(12-18(16)28-21)20(26)11-14(2)3/h5-8,14H,4,9-13H2,1-3H3,(H,22,23,25). The van der Waals surface area contributed by atoms with Gasteiger partial charge in [0.1, 0.15) is 5.75 Å². The third kappa shape index (κ3) is 5.10. The molecule has 150 valence electrons. The van der Waals surface area contributed by atoms with E-state index >= 15 is 0 Å². The Kier molecular flexibility index (Phi) is 6.67. The second kappa shape index (κ2) is 9.19. The van der Waals surface area contributed by atoms with Gasteiger partial charge in [-0.25, -0.2) is 4.98 Å². The van der Waals surface area contributed by atoms with Crippen molar-refractivity contribution in [1.29, 1.82) is 0 Å². The first-order valence-corrected chi connectivity index (χ1v) is 10.5. The Labute approximate surface area is 169 Å². The van der Waals surface area contributed by atoms with E-state index in [1.54, 1.807) is 0 Å². The molecule has 3 rings (SSSR count). The molecular weight excluding hydrogens is 374 g/mol. The largest absolute Gasteiger partial charge is 0.483 e. The van der Waals surface area contributed by atoms with E-state index in [0.29, 0.717) is 30.6 Å². The Bertz CT molecular complexity index is 847. The summed E-state index contributed by atoms with van der Waals surface area (Å²) >= 11 is 1.44. The molecule has 1 aromatic heterocycles. The van der Waals surface area contributed by atoms with E-state index in [1.165, 1.54) is 11.3 Å². The van der Waals surface area contributed by atoms with Crippen LogP contribution in [0.25, 0.3) is 0 Å². The number of nitrogens with zero attached hydrogens (tertiary/aromatic N) is 2. The molecule has 0 bridgehead atoms. The van der Waals surface area contributed by atoms with E-state index < -0.39 is 0 Å². The number of aryl methyl sites for hydroxylation is 1. The third-order valence-corrected chi connectivity index (χ3v) is 5.62. The smallest absolute Gasteiger partial charge is 0.264 e. The van der Waals surface area contributed by atoms with Crippen LogP contribution in [0.15, 0.2) is 24.3 Å². The van der Waals surface area contributed by atoms with Gasteiger partial charge in [0, 0.05) is 24.3 Å². The van der Waals surface area contributed by atoms with Gasteiger partial charge < -0.3 is 9.64 Å². The molecule has 1 aliphatic heterocycles. The fourth-order valence-corrected chi connectivity index (χ4v) is 4.22. The molecule has 0 atom stereocenters. The summed E-state index contributed by atoms with van der Waals surface area (Å²) in [7, 11) is 0. The number of nitrogens with one attached hydrogen (secondary N) is 1. The van der Waals surface area contributed by atoms with Gasteiger partial charge in [0.15, 0.2) is 11.7 Å². The summed E-state index contributed by atoms with van der Waals surface area (Å²) in [6.45, 7) is 7.36. The van der Waals surface area contributed by atoms with Gasteiger partial charge in [-0.15, -0.1) is 0 Å². The molecular formula is C21H27N3O3S. The lowest BCUT2D eigenvalue weighted by Gasteiger charge is -2.26. The quantitative estimate of drug-likeness (QED) is 0.769. The second-order valence-electron chi connectivity index (χ2n) is 7.35. The number of carbonyl (C=O) groups is 2. The molecule has 1 aromatic carbocycles. The van der Waals surface area contributed by atoms with Crippen molar-refractivity contribution in [2.75, 3.05) is 18.5 Å². The molecule has 0 radical (unpaired) electrons. The number of fused-ring (bicyclic) bond motifs is 1. The van der Waals surface area contributed by atoms with Gasteiger partial charge in [0.25, 0.3) is 5.91 Å². The first-order valence-electron chi connectivity index (χ1n) is 9.73. The van der Waals surface area contributed by atoms with Gasteiger partial charge in [0.05, 0.1) is 12.2 Å². The summed E-state index contributed by atoms with van der Waals surface area (Å²) in [5.41, 5.74) is 2.05. The zero-order valence-electron chi connectivity index (χ0n) is 16.7. The van der Waals surface area contributed by atoms with Gasteiger partial charge >= 0.3 is 0 Å². The first-order chi connectivity index (χ1) is 13.5. The predicted octanol–water partition coefficient (Wildman–Crippen LogP) is 3.65. The average Bonchev–Trinajstić information content (AvgIpc) is 3.07. The molecule has 0 aliphatic carbocycles. The lowest BCUT2D eigenvalue weighted by Crippen LogP contribution is -2.36. The number of carbonyl (C=O) groups excluding carboxylic acids is 2. The Morgan fingerprint density at radius 3 is 2.86 bits per heavy atom. The van der Waals surface area contributed by atoms with Crippen molar-refractivity contribution in [3.05, 3.63) is 40.4 Å². The SMILES string of the molecule is CCc1ccccc1OCC(=O)Nc1nc2c(s1)CN(C(=O)CC(C)C)CC2. The van der Waals surface area contributed by atoms with Crippen molar-refractivity contribution >= 4 is 28.3 Å². The van der Waals surface area contributed by atoms with E-state index in [0.717, 1.165) is 34.7 Å². The molecule has 0 unspecified atom stereocenters. The Balaban J connectivity index is 1.56. The Morgan fingerprint density at radius 2 is 2.11 bits per heavy atom. The topological polar surface area (TPSA) is 71.5 Å². The number of amides is 2. The molecule has 0 saturated carbocycles. The minimum absolute atomic E-state index is 0.0553. The van der Waals surface area contributed by atoms with Gasteiger partial charge in [-0.3, -0.25) is 14.9 Å². The maximum atomic E-state index is 12.3. The van der Waals surface area contributed by atoms with Crippen LogP contribution in [0, 0.1) is 5.92 Å². The summed E-state index contributed by atoms with van der Waals surface area (Å²) in [4.78, 5) is 32.0. The molecule has 7 heteroatoms. The number of hydrogen-bond acceptors (Lipinski definition) is 5. The fourth-order valence-electron chi connectivity index (χ4n) is 3.18. The van der Waals surface area contributed by atoms with Crippen LogP contribution in [0.4, 0.5) is 5.13 Å². The van der Waals surface area contributed by atoms with Crippen molar-refractivity contribution in [2.24, 2.45) is 5.92 Å². The van der Waals surface area contributed by atoms with Crippen LogP contribution in [0.2, 0.25) is 0 Å². The summed E-state index contributed by atoms with van der Waals surface area (Å²) in [5, 5.41) is 3.39. The lowest BCUT2D eigenvalue weighted by molar-refractivity contribution is -0.132. The van der Waals surface area contributed by atoms with Crippen LogP contribution in [-0.4, -0.2) is 34.8 Å². The highest BCUT2D eigenvalue weighted by Crippen LogP contribution is 2.29. The maximum Gasteiger partial charge on any atom is 0.264 e. The Morgan fingerprint density at radius 1 is 1.32 bits per heavy atom. The van der Waals surface area contributed by atoms with Gasteiger partial charge in [0.2, 0.25) is 5.91 Å². The second-order valence-corrected chi connectivity index (χ2v) is 8.43. The molecule has 28 heavy (non-hydrogen) atoms. The lowest BCUT2D eigenvalue weighted by atomic mass is 10.1. The van der Waals surface area contributed by atoms with Crippen molar-refractivity contribution in [3.63, 3.8) is 0 Å². The molecule has 0 saturated heterocycles. The third-order valence-electron chi connectivity index (χ3n) is 4.63. The van der Waals surface area contributed by atoms with Crippen molar-refractivity contribution < 1.29 is 14.3 Å². The zero-order valence-corrected chi connectivity index (χ0v) is 17.5. The van der Waals surface area contributed by atoms with E-state index in [1.807, 2.05) is 29.2 Å². The van der Waals surface area contributed by atoms with E-state index in [-0.39, 0.29) is 18.4 Å². The van der Waals surface area contributed by atoms with Gasteiger partial charge in [-0.05, 0) is 24.0 Å². The molecule has 6 nitrogen and oxygen atoms in total. The van der Waals surface area contributed by atoms with Crippen LogP contribution in [0.1, 0.15) is 43.3 Å². The average molecular weight is 402 g/mol. The van der Waals surface area contributed by atoms with Crippen LogP contribution < -0.4 is 10.1 Å².